The van der Waals surface area contributed by atoms with E-state index in [1.54, 1.807) is 19.2 Å². The SMILES string of the molecule is CN=C(NCCc1c[nH]c2ccc(F)cc12)NCC1CCN(C)CC1.I. The van der Waals surface area contributed by atoms with Crippen LogP contribution in [0.3, 0.4) is 0 Å². The average Bonchev–Trinajstić information content (AvgIpc) is 3.01. The van der Waals surface area contributed by atoms with Gasteiger partial charge in [0.1, 0.15) is 5.82 Å². The minimum atomic E-state index is -0.197. The molecule has 26 heavy (non-hydrogen) atoms. The van der Waals surface area contributed by atoms with Crippen molar-refractivity contribution in [1.29, 1.82) is 0 Å². The number of halogens is 2. The van der Waals surface area contributed by atoms with Crippen LogP contribution in [-0.4, -0.2) is 56.1 Å². The van der Waals surface area contributed by atoms with Crippen LogP contribution < -0.4 is 10.6 Å². The highest BCUT2D eigenvalue weighted by atomic mass is 127. The number of hydrogen-bond donors (Lipinski definition) is 3. The number of piperidine rings is 1. The summed E-state index contributed by atoms with van der Waals surface area (Å²) in [5.41, 5.74) is 2.09. The molecule has 3 rings (SSSR count). The molecule has 144 valence electrons. The van der Waals surface area contributed by atoms with Crippen LogP contribution in [0.25, 0.3) is 10.9 Å². The van der Waals surface area contributed by atoms with E-state index in [0.29, 0.717) is 5.92 Å². The summed E-state index contributed by atoms with van der Waals surface area (Å²) in [7, 11) is 3.98. The number of nitrogens with one attached hydrogen (secondary N) is 3. The molecule has 3 N–H and O–H groups in total. The van der Waals surface area contributed by atoms with Crippen LogP contribution in [0, 0.1) is 11.7 Å². The lowest BCUT2D eigenvalue weighted by Gasteiger charge is -2.29. The lowest BCUT2D eigenvalue weighted by atomic mass is 9.97. The Balaban J connectivity index is 0.00000243. The van der Waals surface area contributed by atoms with Gasteiger partial charge in [-0.1, -0.05) is 0 Å². The number of likely N-dealkylation sites (tertiary alicyclic amines) is 1. The van der Waals surface area contributed by atoms with E-state index in [-0.39, 0.29) is 29.8 Å². The first kappa shape index (κ1) is 21.0. The van der Waals surface area contributed by atoms with Gasteiger partial charge in [-0.2, -0.15) is 0 Å². The van der Waals surface area contributed by atoms with Crippen LogP contribution in [0.15, 0.2) is 29.4 Å². The molecule has 1 fully saturated rings. The number of nitrogens with zero attached hydrogens (tertiary/aromatic N) is 2. The van der Waals surface area contributed by atoms with E-state index in [2.05, 4.69) is 32.6 Å². The first-order valence-electron chi connectivity index (χ1n) is 9.04. The first-order valence-corrected chi connectivity index (χ1v) is 9.04. The fraction of sp³-hybridized carbons (Fsp3) is 0.526. The van der Waals surface area contributed by atoms with E-state index in [1.165, 1.54) is 32.0 Å². The summed E-state index contributed by atoms with van der Waals surface area (Å²) in [4.78, 5) is 9.88. The molecule has 1 aromatic carbocycles. The molecule has 5 nitrogen and oxygen atoms in total. The Morgan fingerprint density at radius 1 is 1.31 bits per heavy atom. The third-order valence-corrected chi connectivity index (χ3v) is 5.04. The normalized spacial score (nSPS) is 16.5. The van der Waals surface area contributed by atoms with Crippen molar-refractivity contribution >= 4 is 40.8 Å². The summed E-state index contributed by atoms with van der Waals surface area (Å²) in [6, 6.07) is 4.85. The van der Waals surface area contributed by atoms with Crippen LogP contribution in [0.1, 0.15) is 18.4 Å². The number of hydrogen-bond acceptors (Lipinski definition) is 2. The Morgan fingerprint density at radius 2 is 2.08 bits per heavy atom. The highest BCUT2D eigenvalue weighted by Crippen LogP contribution is 2.19. The maximum absolute atomic E-state index is 13.4. The van der Waals surface area contributed by atoms with Crippen molar-refractivity contribution < 1.29 is 4.39 Å². The lowest BCUT2D eigenvalue weighted by Crippen LogP contribution is -2.42. The van der Waals surface area contributed by atoms with E-state index < -0.39 is 0 Å². The van der Waals surface area contributed by atoms with E-state index in [0.717, 1.165) is 41.9 Å². The quantitative estimate of drug-likeness (QED) is 0.356. The molecular formula is C19H29FIN5. The van der Waals surface area contributed by atoms with Crippen molar-refractivity contribution in [3.05, 3.63) is 35.8 Å². The number of H-pyrrole nitrogens is 1. The molecule has 0 saturated carbocycles. The van der Waals surface area contributed by atoms with Gasteiger partial charge < -0.3 is 20.5 Å². The third-order valence-electron chi connectivity index (χ3n) is 5.04. The fourth-order valence-electron chi connectivity index (χ4n) is 3.40. The van der Waals surface area contributed by atoms with Crippen molar-refractivity contribution in [2.75, 3.05) is 40.3 Å². The number of rotatable bonds is 5. The van der Waals surface area contributed by atoms with Gasteiger partial charge in [-0.3, -0.25) is 4.99 Å². The number of aliphatic imine (C=N–C) groups is 1. The predicted octanol–water partition coefficient (Wildman–Crippen LogP) is 2.97. The summed E-state index contributed by atoms with van der Waals surface area (Å²) in [5.74, 6) is 1.35. The first-order chi connectivity index (χ1) is 12.2. The van der Waals surface area contributed by atoms with Crippen molar-refractivity contribution in [1.82, 2.24) is 20.5 Å². The molecular weight excluding hydrogens is 444 g/mol. The molecule has 7 heteroatoms. The molecule has 1 saturated heterocycles. The second-order valence-corrected chi connectivity index (χ2v) is 6.88. The average molecular weight is 473 g/mol. The molecule has 0 aliphatic carbocycles. The molecule has 1 aliphatic rings. The van der Waals surface area contributed by atoms with E-state index >= 15 is 0 Å². The second kappa shape index (κ2) is 10.1. The monoisotopic (exact) mass is 473 g/mol. The highest BCUT2D eigenvalue weighted by molar-refractivity contribution is 14.0. The highest BCUT2D eigenvalue weighted by Gasteiger charge is 2.16. The maximum atomic E-state index is 13.4. The Morgan fingerprint density at radius 3 is 2.81 bits per heavy atom. The van der Waals surface area contributed by atoms with Crippen molar-refractivity contribution in [3.8, 4) is 0 Å². The summed E-state index contributed by atoms with van der Waals surface area (Å²) >= 11 is 0. The molecule has 1 aromatic heterocycles. The van der Waals surface area contributed by atoms with Gasteiger partial charge in [0, 0.05) is 37.2 Å². The summed E-state index contributed by atoms with van der Waals surface area (Å²) < 4.78 is 13.4. The minimum Gasteiger partial charge on any atom is -0.361 e. The van der Waals surface area contributed by atoms with Gasteiger partial charge in [-0.25, -0.2) is 4.39 Å². The van der Waals surface area contributed by atoms with E-state index in [9.17, 15) is 4.39 Å². The summed E-state index contributed by atoms with van der Waals surface area (Å²) in [6.07, 6.45) is 5.25. The molecule has 0 unspecified atom stereocenters. The smallest absolute Gasteiger partial charge is 0.190 e. The number of fused-ring (bicyclic) bond motifs is 1. The zero-order valence-corrected chi connectivity index (χ0v) is 17.8. The van der Waals surface area contributed by atoms with Crippen LogP contribution in [-0.2, 0) is 6.42 Å². The molecule has 0 spiro atoms. The van der Waals surface area contributed by atoms with Gasteiger partial charge in [0.05, 0.1) is 0 Å². The van der Waals surface area contributed by atoms with Crippen LogP contribution in [0.2, 0.25) is 0 Å². The number of aromatic nitrogens is 1. The van der Waals surface area contributed by atoms with Crippen LogP contribution in [0.5, 0.6) is 0 Å². The topological polar surface area (TPSA) is 55.5 Å². The lowest BCUT2D eigenvalue weighted by molar-refractivity contribution is 0.220. The van der Waals surface area contributed by atoms with Gasteiger partial charge in [0.25, 0.3) is 0 Å². The molecule has 0 atom stereocenters. The van der Waals surface area contributed by atoms with Crippen molar-refractivity contribution in [2.45, 2.75) is 19.3 Å². The third kappa shape index (κ3) is 5.57. The van der Waals surface area contributed by atoms with Crippen LogP contribution in [0.4, 0.5) is 4.39 Å². The fourth-order valence-corrected chi connectivity index (χ4v) is 3.40. The van der Waals surface area contributed by atoms with E-state index in [1.807, 2.05) is 6.20 Å². The molecule has 1 aliphatic heterocycles. The maximum Gasteiger partial charge on any atom is 0.190 e. The Kier molecular flexibility index (Phi) is 8.15. The standard InChI is InChI=1S/C19H28FN5.HI/c1-21-19(24-12-14-6-9-25(2)10-7-14)22-8-5-15-13-23-18-4-3-16(20)11-17(15)18;/h3-4,11,13-14,23H,5-10,12H2,1-2H3,(H2,21,22,24);1H. The number of aromatic amines is 1. The van der Waals surface area contributed by atoms with Crippen molar-refractivity contribution in [3.63, 3.8) is 0 Å². The predicted molar refractivity (Wildman–Crippen MR) is 117 cm³/mol. The largest absolute Gasteiger partial charge is 0.361 e. The molecule has 2 aromatic rings. The molecule has 2 heterocycles. The van der Waals surface area contributed by atoms with Gasteiger partial charge in [0.15, 0.2) is 5.96 Å². The number of guanidine groups is 1. The molecule has 0 radical (unpaired) electrons. The zero-order valence-electron chi connectivity index (χ0n) is 15.5. The Labute approximate surface area is 171 Å². The summed E-state index contributed by atoms with van der Waals surface area (Å²) in [5, 5.41) is 7.74. The van der Waals surface area contributed by atoms with Gasteiger partial charge >= 0.3 is 0 Å². The summed E-state index contributed by atoms with van der Waals surface area (Å²) in [6.45, 7) is 4.08. The van der Waals surface area contributed by atoms with Crippen LogP contribution >= 0.6 is 24.0 Å². The van der Waals surface area contributed by atoms with Gasteiger partial charge in [-0.15, -0.1) is 24.0 Å². The van der Waals surface area contributed by atoms with Crippen molar-refractivity contribution in [2.24, 2.45) is 10.9 Å². The molecule has 0 bridgehead atoms. The van der Waals surface area contributed by atoms with Gasteiger partial charge in [-0.05, 0) is 69.1 Å². The molecule has 0 amide bonds. The Hall–Kier alpha value is -1.35. The van der Waals surface area contributed by atoms with Gasteiger partial charge in [0.2, 0.25) is 0 Å². The Bertz CT molecular complexity index is 722. The number of benzene rings is 1. The second-order valence-electron chi connectivity index (χ2n) is 6.88. The van der Waals surface area contributed by atoms with E-state index in [4.69, 9.17) is 0 Å². The minimum absolute atomic E-state index is 0. The zero-order chi connectivity index (χ0) is 17.6.